The molecule has 1 aliphatic heterocycles. The molecular weight excluding hydrogens is 585 g/mol. The van der Waals surface area contributed by atoms with Gasteiger partial charge in [0.15, 0.2) is 5.58 Å². The van der Waals surface area contributed by atoms with Crippen LogP contribution in [0.15, 0.2) is 174 Å². The average Bonchev–Trinajstić information content (AvgIpc) is 3.71. The number of fused-ring (bicyclic) bond motifs is 7. The van der Waals surface area contributed by atoms with Crippen LogP contribution in [0.25, 0.3) is 66.1 Å². The zero-order valence-electron chi connectivity index (χ0n) is 26.3. The molecule has 0 radical (unpaired) electrons. The Bertz CT molecular complexity index is 2620. The quantitative estimate of drug-likeness (QED) is 0.213. The third-order valence-corrected chi connectivity index (χ3v) is 10.2. The maximum atomic E-state index is 6.88. The van der Waals surface area contributed by atoms with Gasteiger partial charge in [0.1, 0.15) is 5.58 Å². The first-order valence-electron chi connectivity index (χ1n) is 16.7. The summed E-state index contributed by atoms with van der Waals surface area (Å²) in [7, 11) is 0. The van der Waals surface area contributed by atoms with Crippen LogP contribution in [0.1, 0.15) is 23.6 Å². The lowest BCUT2D eigenvalue weighted by Gasteiger charge is -2.34. The lowest BCUT2D eigenvalue weighted by Crippen LogP contribution is -2.37. The van der Waals surface area contributed by atoms with Gasteiger partial charge in [-0.3, -0.25) is 5.32 Å². The van der Waals surface area contributed by atoms with Crippen LogP contribution in [-0.2, 0) is 0 Å². The molecule has 2 atom stereocenters. The van der Waals surface area contributed by atoms with E-state index in [1.165, 1.54) is 55.2 Å². The summed E-state index contributed by atoms with van der Waals surface area (Å²) in [6.07, 6.45) is 9.74. The van der Waals surface area contributed by atoms with E-state index in [0.29, 0.717) is 0 Å². The fourth-order valence-electron chi connectivity index (χ4n) is 8.04. The molecule has 2 aliphatic rings. The van der Waals surface area contributed by atoms with Crippen LogP contribution < -0.4 is 5.32 Å². The van der Waals surface area contributed by atoms with Gasteiger partial charge in [-0.1, -0.05) is 140 Å². The molecule has 228 valence electrons. The van der Waals surface area contributed by atoms with Crippen LogP contribution in [0.4, 0.5) is 0 Å². The number of aromatic nitrogens is 1. The third kappa shape index (κ3) is 4.18. The van der Waals surface area contributed by atoms with Gasteiger partial charge in [-0.15, -0.1) is 0 Å². The largest absolute Gasteiger partial charge is 0.454 e. The lowest BCUT2D eigenvalue weighted by atomic mass is 9.82. The maximum Gasteiger partial charge on any atom is 0.159 e. The van der Waals surface area contributed by atoms with Crippen molar-refractivity contribution in [3.63, 3.8) is 0 Å². The second-order valence-corrected chi connectivity index (χ2v) is 12.9. The molecule has 0 fully saturated rings. The summed E-state index contributed by atoms with van der Waals surface area (Å²) in [5.74, 6) is 0. The molecule has 3 heteroatoms. The third-order valence-electron chi connectivity index (χ3n) is 10.2. The minimum atomic E-state index is 0.163. The van der Waals surface area contributed by atoms with Crippen molar-refractivity contribution in [2.45, 2.75) is 18.5 Å². The molecule has 0 amide bonds. The van der Waals surface area contributed by atoms with Gasteiger partial charge < -0.3 is 8.98 Å². The van der Waals surface area contributed by atoms with Gasteiger partial charge in [0.05, 0.1) is 22.8 Å². The van der Waals surface area contributed by atoms with E-state index >= 15 is 0 Å². The molecule has 0 saturated carbocycles. The minimum absolute atomic E-state index is 0.163. The molecule has 6 aromatic carbocycles. The van der Waals surface area contributed by atoms with Crippen molar-refractivity contribution in [2.24, 2.45) is 0 Å². The van der Waals surface area contributed by atoms with Gasteiger partial charge in [0, 0.05) is 27.6 Å². The van der Waals surface area contributed by atoms with E-state index in [9.17, 15) is 0 Å². The van der Waals surface area contributed by atoms with Crippen LogP contribution in [-0.4, -0.2) is 10.6 Å². The number of nitrogens with one attached hydrogen (secondary N) is 1. The fraction of sp³-hybridized carbons (Fsp3) is 0.0667. The van der Waals surface area contributed by atoms with Crippen molar-refractivity contribution in [3.05, 3.63) is 181 Å². The Morgan fingerprint density at radius 2 is 1.38 bits per heavy atom. The molecule has 2 aromatic heterocycles. The first-order chi connectivity index (χ1) is 23.8. The van der Waals surface area contributed by atoms with E-state index in [4.69, 9.17) is 4.42 Å². The summed E-state index contributed by atoms with van der Waals surface area (Å²) in [4.78, 5) is 0. The van der Waals surface area contributed by atoms with E-state index in [1.807, 2.05) is 0 Å². The van der Waals surface area contributed by atoms with Crippen LogP contribution in [0.5, 0.6) is 0 Å². The van der Waals surface area contributed by atoms with Crippen molar-refractivity contribution in [2.75, 3.05) is 0 Å². The fourth-order valence-corrected chi connectivity index (χ4v) is 8.04. The molecule has 1 aliphatic carbocycles. The number of hydrogen-bond donors (Lipinski definition) is 1. The molecule has 48 heavy (non-hydrogen) atoms. The Balaban J connectivity index is 1.13. The molecule has 1 N–H and O–H groups in total. The number of para-hydroxylation sites is 2. The maximum absolute atomic E-state index is 6.88. The predicted octanol–water partition coefficient (Wildman–Crippen LogP) is 11.3. The van der Waals surface area contributed by atoms with Gasteiger partial charge >= 0.3 is 0 Å². The Morgan fingerprint density at radius 3 is 2.25 bits per heavy atom. The highest BCUT2D eigenvalue weighted by molar-refractivity contribution is 6.17. The van der Waals surface area contributed by atoms with Crippen molar-refractivity contribution < 1.29 is 4.42 Å². The first kappa shape index (κ1) is 27.2. The molecule has 0 saturated heterocycles. The molecule has 0 spiro atoms. The SMILES string of the molecule is C1=CC2=C(c3ccccc3)CC(c3ccc4c(c3)oc3c(-n5c6ccccc6c6c(-c7ccccc7)cccc65)cccc34)NC2C=C1. The van der Waals surface area contributed by atoms with Crippen molar-refractivity contribution in [1.29, 1.82) is 0 Å². The minimum Gasteiger partial charge on any atom is -0.454 e. The average molecular weight is 617 g/mol. The highest BCUT2D eigenvalue weighted by atomic mass is 16.3. The summed E-state index contributed by atoms with van der Waals surface area (Å²) in [6.45, 7) is 0. The number of furan rings is 1. The van der Waals surface area contributed by atoms with Crippen LogP contribution in [0.3, 0.4) is 0 Å². The monoisotopic (exact) mass is 616 g/mol. The summed E-state index contributed by atoms with van der Waals surface area (Å²) in [5, 5.41) is 8.68. The normalized spacial score (nSPS) is 17.6. The standard InChI is InChI=1S/C45H32N2O/c1-3-13-29(14-4-1)32-19-11-23-41-44(32)36-18-8-10-22-40(36)47(41)42-24-12-20-35-34-26-25-31(27-43(34)48-45(35)42)39-28-37(30-15-5-2-6-16-30)33-17-7-9-21-38(33)46-39/h1-27,38-39,46H,28H2. The Kier molecular flexibility index (Phi) is 6.15. The Labute approximate surface area is 278 Å². The molecule has 0 bridgehead atoms. The molecule has 8 aromatic rings. The van der Waals surface area contributed by atoms with Gasteiger partial charge in [0.2, 0.25) is 0 Å². The number of benzene rings is 6. The number of rotatable bonds is 4. The zero-order chi connectivity index (χ0) is 31.6. The van der Waals surface area contributed by atoms with Crippen LogP contribution >= 0.6 is 0 Å². The van der Waals surface area contributed by atoms with E-state index in [2.05, 4.69) is 174 Å². The zero-order valence-corrected chi connectivity index (χ0v) is 26.3. The van der Waals surface area contributed by atoms with Crippen molar-refractivity contribution in [3.8, 4) is 16.8 Å². The van der Waals surface area contributed by atoms with Gasteiger partial charge in [-0.05, 0) is 64.1 Å². The van der Waals surface area contributed by atoms with E-state index < -0.39 is 0 Å². The van der Waals surface area contributed by atoms with Gasteiger partial charge in [-0.2, -0.15) is 0 Å². The van der Waals surface area contributed by atoms with E-state index in [1.54, 1.807) is 0 Å². The lowest BCUT2D eigenvalue weighted by molar-refractivity contribution is 0.504. The summed E-state index contributed by atoms with van der Waals surface area (Å²) in [6, 6.07) is 50.5. The summed E-state index contributed by atoms with van der Waals surface area (Å²) >= 11 is 0. The van der Waals surface area contributed by atoms with Crippen LogP contribution in [0.2, 0.25) is 0 Å². The molecule has 10 rings (SSSR count). The number of hydrogen-bond acceptors (Lipinski definition) is 2. The summed E-state index contributed by atoms with van der Waals surface area (Å²) in [5.41, 5.74) is 12.9. The highest BCUT2D eigenvalue weighted by Gasteiger charge is 2.29. The van der Waals surface area contributed by atoms with E-state index in [0.717, 1.165) is 34.0 Å². The molecular formula is C45H32N2O. The number of nitrogens with zero attached hydrogens (tertiary/aromatic N) is 1. The Hall–Kier alpha value is -5.90. The second-order valence-electron chi connectivity index (χ2n) is 12.9. The molecule has 3 heterocycles. The predicted molar refractivity (Wildman–Crippen MR) is 199 cm³/mol. The van der Waals surface area contributed by atoms with Crippen molar-refractivity contribution >= 4 is 49.3 Å². The smallest absolute Gasteiger partial charge is 0.159 e. The topological polar surface area (TPSA) is 30.1 Å². The molecule has 2 unspecified atom stereocenters. The second kappa shape index (κ2) is 10.8. The summed E-state index contributed by atoms with van der Waals surface area (Å²) < 4.78 is 9.27. The first-order valence-corrected chi connectivity index (χ1v) is 16.7. The highest BCUT2D eigenvalue weighted by Crippen LogP contribution is 2.43. The van der Waals surface area contributed by atoms with Gasteiger partial charge in [0.25, 0.3) is 0 Å². The number of allylic oxidation sites excluding steroid dienone is 2. The molecule has 3 nitrogen and oxygen atoms in total. The van der Waals surface area contributed by atoms with Crippen LogP contribution in [0, 0.1) is 0 Å². The van der Waals surface area contributed by atoms with E-state index in [-0.39, 0.29) is 12.1 Å². The Morgan fingerprint density at radius 1 is 0.625 bits per heavy atom. The van der Waals surface area contributed by atoms with Crippen molar-refractivity contribution in [1.82, 2.24) is 9.88 Å². The van der Waals surface area contributed by atoms with Gasteiger partial charge in [-0.25, -0.2) is 0 Å².